The number of piperidine rings is 1. The zero-order chi connectivity index (χ0) is 13.7. The molecule has 0 aromatic rings. The predicted molar refractivity (Wildman–Crippen MR) is 72.4 cm³/mol. The quantitative estimate of drug-likeness (QED) is 0.709. The fourth-order valence-corrected chi connectivity index (χ4v) is 2.75. The Morgan fingerprint density at radius 3 is 2.58 bits per heavy atom. The van der Waals surface area contributed by atoms with Crippen molar-refractivity contribution in [2.75, 3.05) is 26.2 Å². The lowest BCUT2D eigenvalue weighted by molar-refractivity contribution is -0.150. The standard InChI is InChI=1S/C14H26N2O3/c1-14(6-5-7-14)13(18)15-19-11-12(17)10-16-8-3-2-4-9-16/h12,17H,2-11H2,1H3,(H,15,18). The van der Waals surface area contributed by atoms with Crippen LogP contribution < -0.4 is 5.48 Å². The number of aliphatic hydroxyl groups is 1. The van der Waals surface area contributed by atoms with E-state index < -0.39 is 6.10 Å². The van der Waals surface area contributed by atoms with Crippen LogP contribution in [0.3, 0.4) is 0 Å². The predicted octanol–water partition coefficient (Wildman–Crippen LogP) is 1.07. The third kappa shape index (κ3) is 4.16. The number of β-amino-alcohol motifs (C(OH)–C–C–N with tert-alkyl or cyclic N) is 1. The highest BCUT2D eigenvalue weighted by Gasteiger charge is 2.39. The number of hydroxylamine groups is 1. The second-order valence-corrected chi connectivity index (χ2v) is 6.17. The first-order chi connectivity index (χ1) is 9.10. The average molecular weight is 270 g/mol. The maximum atomic E-state index is 11.8. The van der Waals surface area contributed by atoms with E-state index in [1.54, 1.807) is 0 Å². The van der Waals surface area contributed by atoms with Gasteiger partial charge < -0.3 is 10.0 Å². The van der Waals surface area contributed by atoms with Gasteiger partial charge in [0, 0.05) is 12.0 Å². The van der Waals surface area contributed by atoms with Crippen LogP contribution in [0.25, 0.3) is 0 Å². The lowest BCUT2D eigenvalue weighted by Crippen LogP contribution is -2.45. The van der Waals surface area contributed by atoms with Gasteiger partial charge in [0.05, 0.1) is 6.10 Å². The van der Waals surface area contributed by atoms with Gasteiger partial charge in [-0.05, 0) is 38.8 Å². The molecule has 1 saturated heterocycles. The summed E-state index contributed by atoms with van der Waals surface area (Å²) in [5, 5.41) is 9.87. The van der Waals surface area contributed by atoms with Gasteiger partial charge >= 0.3 is 0 Å². The summed E-state index contributed by atoms with van der Waals surface area (Å²) in [6.07, 6.45) is 6.15. The minimum Gasteiger partial charge on any atom is -0.389 e. The Kier molecular flexibility index (Phi) is 5.19. The number of rotatable bonds is 6. The topological polar surface area (TPSA) is 61.8 Å². The van der Waals surface area contributed by atoms with E-state index in [1.807, 2.05) is 6.92 Å². The number of likely N-dealkylation sites (tertiary alicyclic amines) is 1. The van der Waals surface area contributed by atoms with Crippen molar-refractivity contribution in [3.05, 3.63) is 0 Å². The van der Waals surface area contributed by atoms with Crippen LogP contribution >= 0.6 is 0 Å². The third-order valence-electron chi connectivity index (χ3n) is 4.36. The Balaban J connectivity index is 1.58. The summed E-state index contributed by atoms with van der Waals surface area (Å²) in [6.45, 7) is 4.87. The molecule has 1 aliphatic heterocycles. The van der Waals surface area contributed by atoms with E-state index in [4.69, 9.17) is 4.84 Å². The van der Waals surface area contributed by atoms with Crippen LogP contribution in [-0.2, 0) is 9.63 Å². The normalized spacial score (nSPS) is 24.5. The molecule has 1 atom stereocenters. The Bertz CT molecular complexity index is 299. The van der Waals surface area contributed by atoms with E-state index in [1.165, 1.54) is 19.3 Å². The number of aliphatic hydroxyl groups excluding tert-OH is 1. The highest BCUT2D eigenvalue weighted by Crippen LogP contribution is 2.40. The van der Waals surface area contributed by atoms with Gasteiger partial charge in [0.25, 0.3) is 0 Å². The maximum Gasteiger partial charge on any atom is 0.249 e. The van der Waals surface area contributed by atoms with Crippen molar-refractivity contribution < 1.29 is 14.7 Å². The van der Waals surface area contributed by atoms with Crippen molar-refractivity contribution in [1.29, 1.82) is 0 Å². The molecule has 19 heavy (non-hydrogen) atoms. The Labute approximate surface area is 115 Å². The Morgan fingerprint density at radius 2 is 2.00 bits per heavy atom. The van der Waals surface area contributed by atoms with Crippen LogP contribution in [-0.4, -0.2) is 48.3 Å². The van der Waals surface area contributed by atoms with E-state index in [-0.39, 0.29) is 17.9 Å². The highest BCUT2D eigenvalue weighted by molar-refractivity contribution is 5.82. The molecule has 2 aliphatic rings. The fourth-order valence-electron chi connectivity index (χ4n) is 2.75. The average Bonchev–Trinajstić information content (AvgIpc) is 2.37. The van der Waals surface area contributed by atoms with Crippen molar-refractivity contribution in [3.8, 4) is 0 Å². The lowest BCUT2D eigenvalue weighted by Gasteiger charge is -2.36. The van der Waals surface area contributed by atoms with E-state index in [2.05, 4.69) is 10.4 Å². The van der Waals surface area contributed by atoms with Crippen LogP contribution in [0.4, 0.5) is 0 Å². The summed E-state index contributed by atoms with van der Waals surface area (Å²) in [7, 11) is 0. The van der Waals surface area contributed by atoms with Crippen molar-refractivity contribution in [2.45, 2.75) is 51.6 Å². The molecule has 5 heteroatoms. The van der Waals surface area contributed by atoms with Gasteiger partial charge in [-0.2, -0.15) is 0 Å². The van der Waals surface area contributed by atoms with Crippen LogP contribution in [0.2, 0.25) is 0 Å². The van der Waals surface area contributed by atoms with Crippen LogP contribution in [0.1, 0.15) is 45.4 Å². The number of carbonyl (C=O) groups is 1. The number of hydrogen-bond donors (Lipinski definition) is 2. The first-order valence-corrected chi connectivity index (χ1v) is 7.43. The van der Waals surface area contributed by atoms with Crippen LogP contribution in [0.5, 0.6) is 0 Å². The summed E-state index contributed by atoms with van der Waals surface area (Å²) in [5.41, 5.74) is 2.22. The van der Waals surface area contributed by atoms with E-state index in [9.17, 15) is 9.90 Å². The van der Waals surface area contributed by atoms with Crippen LogP contribution in [0.15, 0.2) is 0 Å². The molecular weight excluding hydrogens is 244 g/mol. The van der Waals surface area contributed by atoms with Gasteiger partial charge in [-0.25, -0.2) is 5.48 Å². The van der Waals surface area contributed by atoms with Gasteiger partial charge in [0.2, 0.25) is 5.91 Å². The Morgan fingerprint density at radius 1 is 1.32 bits per heavy atom. The lowest BCUT2D eigenvalue weighted by atomic mass is 9.70. The largest absolute Gasteiger partial charge is 0.389 e. The molecule has 2 rings (SSSR count). The molecule has 0 aromatic heterocycles. The number of nitrogens with zero attached hydrogens (tertiary/aromatic N) is 1. The number of amides is 1. The van der Waals surface area contributed by atoms with E-state index in [0.717, 1.165) is 32.4 Å². The first kappa shape index (κ1) is 14.8. The molecule has 1 amide bonds. The van der Waals surface area contributed by atoms with Gasteiger partial charge in [-0.1, -0.05) is 19.8 Å². The molecule has 0 aromatic carbocycles. The molecule has 1 unspecified atom stereocenters. The van der Waals surface area contributed by atoms with Gasteiger partial charge in [0.15, 0.2) is 0 Å². The Hall–Kier alpha value is -0.650. The zero-order valence-corrected chi connectivity index (χ0v) is 11.9. The molecule has 1 aliphatic carbocycles. The molecule has 0 spiro atoms. The highest BCUT2D eigenvalue weighted by atomic mass is 16.7. The van der Waals surface area contributed by atoms with Crippen molar-refractivity contribution in [3.63, 3.8) is 0 Å². The number of carbonyl (C=O) groups excluding carboxylic acids is 1. The molecule has 0 radical (unpaired) electrons. The minimum atomic E-state index is -0.535. The van der Waals surface area contributed by atoms with Crippen molar-refractivity contribution in [2.24, 2.45) is 5.41 Å². The summed E-state index contributed by atoms with van der Waals surface area (Å²) in [5.74, 6) is -0.0519. The van der Waals surface area contributed by atoms with Gasteiger partial charge in [0.1, 0.15) is 6.61 Å². The molecule has 1 heterocycles. The van der Waals surface area contributed by atoms with Crippen LogP contribution in [0, 0.1) is 5.41 Å². The second-order valence-electron chi connectivity index (χ2n) is 6.17. The molecular formula is C14H26N2O3. The van der Waals surface area contributed by atoms with Gasteiger partial charge in [-0.3, -0.25) is 9.63 Å². The summed E-state index contributed by atoms with van der Waals surface area (Å²) in [6, 6.07) is 0. The zero-order valence-electron chi connectivity index (χ0n) is 11.9. The van der Waals surface area contributed by atoms with Crippen molar-refractivity contribution in [1.82, 2.24) is 10.4 Å². The summed E-state index contributed by atoms with van der Waals surface area (Å²) >= 11 is 0. The molecule has 5 nitrogen and oxygen atoms in total. The summed E-state index contributed by atoms with van der Waals surface area (Å²) < 4.78 is 0. The van der Waals surface area contributed by atoms with E-state index in [0.29, 0.717) is 6.54 Å². The molecule has 2 N–H and O–H groups in total. The molecule has 1 saturated carbocycles. The van der Waals surface area contributed by atoms with E-state index >= 15 is 0 Å². The first-order valence-electron chi connectivity index (χ1n) is 7.43. The maximum absolute atomic E-state index is 11.8. The SMILES string of the molecule is CC1(C(=O)NOCC(O)CN2CCCCC2)CCC1. The fraction of sp³-hybridized carbons (Fsp3) is 0.929. The molecule has 0 bridgehead atoms. The smallest absolute Gasteiger partial charge is 0.249 e. The second kappa shape index (κ2) is 6.68. The van der Waals surface area contributed by atoms with Crippen molar-refractivity contribution >= 4 is 5.91 Å². The minimum absolute atomic E-state index is 0.0519. The number of hydrogen-bond acceptors (Lipinski definition) is 4. The molecule has 110 valence electrons. The number of nitrogens with one attached hydrogen (secondary N) is 1. The molecule has 2 fully saturated rings. The van der Waals surface area contributed by atoms with Gasteiger partial charge in [-0.15, -0.1) is 0 Å². The summed E-state index contributed by atoms with van der Waals surface area (Å²) in [4.78, 5) is 19.2. The third-order valence-corrected chi connectivity index (χ3v) is 4.36. The monoisotopic (exact) mass is 270 g/mol.